The molecule has 1 aliphatic carbocycles. The van der Waals surface area contributed by atoms with E-state index in [0.29, 0.717) is 5.92 Å². The Labute approximate surface area is 79.8 Å². The van der Waals surface area contributed by atoms with E-state index < -0.39 is 0 Å². The minimum Gasteiger partial charge on any atom is -0.468 e. The lowest BCUT2D eigenvalue weighted by atomic mass is 9.96. The second-order valence-corrected chi connectivity index (χ2v) is 3.95. The molecule has 3 heteroatoms. The van der Waals surface area contributed by atoms with Gasteiger partial charge in [0.2, 0.25) is 0 Å². The van der Waals surface area contributed by atoms with E-state index in [9.17, 15) is 4.79 Å². The first-order chi connectivity index (χ1) is 6.14. The fraction of sp³-hybridized carbons (Fsp3) is 0.900. The highest BCUT2D eigenvalue weighted by atomic mass is 16.5. The molecular weight excluding hydrogens is 166 g/mol. The maximum Gasteiger partial charge on any atom is 0.326 e. The minimum absolute atomic E-state index is 0.0984. The molecule has 0 heterocycles. The molecule has 2 unspecified atom stereocenters. The van der Waals surface area contributed by atoms with Crippen LogP contribution in [0, 0.1) is 5.92 Å². The first kappa shape index (κ1) is 10.5. The molecule has 13 heavy (non-hydrogen) atoms. The molecule has 0 radical (unpaired) electrons. The summed E-state index contributed by atoms with van der Waals surface area (Å²) >= 11 is 0. The number of carbonyl (C=O) groups is 1. The fourth-order valence-corrected chi connectivity index (χ4v) is 2.24. The smallest absolute Gasteiger partial charge is 0.326 e. The number of nitrogens with one attached hydrogen (secondary N) is 1. The van der Waals surface area contributed by atoms with Gasteiger partial charge in [-0.2, -0.15) is 0 Å². The molecule has 0 aliphatic heterocycles. The Bertz CT molecular complexity index is 189. The van der Waals surface area contributed by atoms with E-state index in [1.807, 2.05) is 6.92 Å². The zero-order valence-corrected chi connectivity index (χ0v) is 8.72. The lowest BCUT2D eigenvalue weighted by Crippen LogP contribution is -2.50. The summed E-state index contributed by atoms with van der Waals surface area (Å²) in [7, 11) is 1.46. The summed E-state index contributed by atoms with van der Waals surface area (Å²) < 4.78 is 4.84. The van der Waals surface area contributed by atoms with E-state index in [-0.39, 0.29) is 11.5 Å². The van der Waals surface area contributed by atoms with Gasteiger partial charge in [0.1, 0.15) is 5.54 Å². The lowest BCUT2D eigenvalue weighted by molar-refractivity contribution is -0.148. The van der Waals surface area contributed by atoms with Crippen LogP contribution in [0.15, 0.2) is 0 Å². The summed E-state index contributed by atoms with van der Waals surface area (Å²) in [6.45, 7) is 5.03. The molecule has 0 spiro atoms. The summed E-state index contributed by atoms with van der Waals surface area (Å²) in [5, 5.41) is 3.26. The number of hydrogen-bond acceptors (Lipinski definition) is 3. The van der Waals surface area contributed by atoms with Crippen molar-refractivity contribution in [3.63, 3.8) is 0 Å². The van der Waals surface area contributed by atoms with Gasteiger partial charge in [0.15, 0.2) is 0 Å². The number of carbonyl (C=O) groups excluding carboxylic acids is 1. The van der Waals surface area contributed by atoms with E-state index >= 15 is 0 Å². The predicted octanol–water partition coefficient (Wildman–Crippen LogP) is 1.33. The molecule has 1 fully saturated rings. The van der Waals surface area contributed by atoms with Crippen molar-refractivity contribution in [2.75, 3.05) is 13.7 Å². The lowest BCUT2D eigenvalue weighted by Gasteiger charge is -2.26. The number of rotatable bonds is 3. The molecule has 0 aromatic carbocycles. The average Bonchev–Trinajstić information content (AvgIpc) is 2.48. The van der Waals surface area contributed by atoms with Gasteiger partial charge in [0, 0.05) is 0 Å². The van der Waals surface area contributed by atoms with Crippen LogP contribution >= 0.6 is 0 Å². The molecule has 2 atom stereocenters. The van der Waals surface area contributed by atoms with Crippen molar-refractivity contribution in [2.45, 2.75) is 38.6 Å². The third kappa shape index (κ3) is 2.02. The van der Waals surface area contributed by atoms with Gasteiger partial charge in [-0.3, -0.25) is 4.79 Å². The van der Waals surface area contributed by atoms with Crippen molar-refractivity contribution in [2.24, 2.45) is 5.92 Å². The largest absolute Gasteiger partial charge is 0.468 e. The third-order valence-corrected chi connectivity index (χ3v) is 2.85. The van der Waals surface area contributed by atoms with Gasteiger partial charge >= 0.3 is 5.97 Å². The highest BCUT2D eigenvalue weighted by Gasteiger charge is 2.44. The Morgan fingerprint density at radius 3 is 2.77 bits per heavy atom. The summed E-state index contributed by atoms with van der Waals surface area (Å²) in [6.07, 6.45) is 2.93. The van der Waals surface area contributed by atoms with Gasteiger partial charge in [0.05, 0.1) is 7.11 Å². The van der Waals surface area contributed by atoms with Crippen LogP contribution in [0.3, 0.4) is 0 Å². The van der Waals surface area contributed by atoms with Crippen LogP contribution in [-0.4, -0.2) is 25.2 Å². The van der Waals surface area contributed by atoms with Crippen LogP contribution < -0.4 is 5.32 Å². The second-order valence-electron chi connectivity index (χ2n) is 3.95. The van der Waals surface area contributed by atoms with Crippen molar-refractivity contribution < 1.29 is 9.53 Å². The molecule has 0 aromatic rings. The van der Waals surface area contributed by atoms with Gasteiger partial charge in [-0.1, -0.05) is 13.8 Å². The predicted molar refractivity (Wildman–Crippen MR) is 51.4 cm³/mol. The Kier molecular flexibility index (Phi) is 3.31. The topological polar surface area (TPSA) is 38.3 Å². The molecule has 0 bridgehead atoms. The number of likely N-dealkylation sites (N-methyl/N-ethyl adjacent to an activating group) is 1. The van der Waals surface area contributed by atoms with E-state index in [0.717, 1.165) is 25.8 Å². The minimum atomic E-state index is -0.386. The Morgan fingerprint density at radius 2 is 2.38 bits per heavy atom. The second kappa shape index (κ2) is 4.09. The van der Waals surface area contributed by atoms with Gasteiger partial charge in [0.25, 0.3) is 0 Å². The quantitative estimate of drug-likeness (QED) is 0.674. The fourth-order valence-electron chi connectivity index (χ4n) is 2.24. The maximum absolute atomic E-state index is 11.6. The maximum atomic E-state index is 11.6. The summed E-state index contributed by atoms with van der Waals surface area (Å²) in [6, 6.07) is 0. The molecule has 1 N–H and O–H groups in total. The zero-order chi connectivity index (χ0) is 9.90. The van der Waals surface area contributed by atoms with Crippen LogP contribution in [0.4, 0.5) is 0 Å². The summed E-state index contributed by atoms with van der Waals surface area (Å²) in [5.41, 5.74) is -0.386. The number of ether oxygens (including phenoxy) is 1. The SMILES string of the molecule is CCNC1(C(=O)OC)CCC(C)C1. The first-order valence-electron chi connectivity index (χ1n) is 4.98. The Hall–Kier alpha value is -0.570. The summed E-state index contributed by atoms with van der Waals surface area (Å²) in [4.78, 5) is 11.6. The molecule has 1 aliphatic rings. The van der Waals surface area contributed by atoms with Gasteiger partial charge < -0.3 is 10.1 Å². The van der Waals surface area contributed by atoms with E-state index in [1.54, 1.807) is 0 Å². The summed E-state index contributed by atoms with van der Waals surface area (Å²) in [5.74, 6) is 0.525. The van der Waals surface area contributed by atoms with Crippen molar-refractivity contribution in [1.29, 1.82) is 0 Å². The van der Waals surface area contributed by atoms with Crippen LogP contribution in [0.5, 0.6) is 0 Å². The molecule has 0 saturated heterocycles. The molecule has 1 saturated carbocycles. The van der Waals surface area contributed by atoms with Crippen molar-refractivity contribution in [3.05, 3.63) is 0 Å². The average molecular weight is 185 g/mol. The van der Waals surface area contributed by atoms with Gasteiger partial charge in [-0.15, -0.1) is 0 Å². The monoisotopic (exact) mass is 185 g/mol. The Morgan fingerprint density at radius 1 is 1.69 bits per heavy atom. The molecule has 1 rings (SSSR count). The van der Waals surface area contributed by atoms with Crippen LogP contribution in [0.25, 0.3) is 0 Å². The molecular formula is C10H19NO2. The molecule has 0 aromatic heterocycles. The first-order valence-corrected chi connectivity index (χ1v) is 4.98. The molecule has 76 valence electrons. The van der Waals surface area contributed by atoms with Gasteiger partial charge in [-0.25, -0.2) is 0 Å². The van der Waals surface area contributed by atoms with E-state index in [1.165, 1.54) is 7.11 Å². The van der Waals surface area contributed by atoms with E-state index in [2.05, 4.69) is 12.2 Å². The Balaban J connectivity index is 2.70. The number of esters is 1. The van der Waals surface area contributed by atoms with Crippen LogP contribution in [-0.2, 0) is 9.53 Å². The van der Waals surface area contributed by atoms with Crippen molar-refractivity contribution >= 4 is 5.97 Å². The molecule has 3 nitrogen and oxygen atoms in total. The normalized spacial score (nSPS) is 33.3. The van der Waals surface area contributed by atoms with E-state index in [4.69, 9.17) is 4.74 Å². The van der Waals surface area contributed by atoms with Crippen LogP contribution in [0.2, 0.25) is 0 Å². The number of methoxy groups -OCH3 is 1. The standard InChI is InChI=1S/C10H19NO2/c1-4-11-10(9(12)13-3)6-5-8(2)7-10/h8,11H,4-7H2,1-3H3. The zero-order valence-electron chi connectivity index (χ0n) is 8.72. The van der Waals surface area contributed by atoms with Crippen molar-refractivity contribution in [1.82, 2.24) is 5.32 Å². The van der Waals surface area contributed by atoms with Crippen molar-refractivity contribution in [3.8, 4) is 0 Å². The highest BCUT2D eigenvalue weighted by Crippen LogP contribution is 2.34. The third-order valence-electron chi connectivity index (χ3n) is 2.85. The van der Waals surface area contributed by atoms with Crippen LogP contribution in [0.1, 0.15) is 33.1 Å². The number of hydrogen-bond donors (Lipinski definition) is 1. The highest BCUT2D eigenvalue weighted by molar-refractivity contribution is 5.81. The van der Waals surface area contributed by atoms with Gasteiger partial charge in [-0.05, 0) is 31.7 Å². The molecule has 0 amide bonds.